The molecule has 5 nitrogen and oxygen atoms in total. The summed E-state index contributed by atoms with van der Waals surface area (Å²) in [7, 11) is 0. The number of hydrogen-bond acceptors (Lipinski definition) is 5. The second-order valence-electron chi connectivity index (χ2n) is 3.57. The molecule has 0 bridgehead atoms. The maximum atomic E-state index is 11.9. The molecule has 1 heterocycles. The molecule has 0 unspecified atom stereocenters. The van der Waals surface area contributed by atoms with E-state index >= 15 is 0 Å². The van der Waals surface area contributed by atoms with E-state index in [1.807, 2.05) is 0 Å². The summed E-state index contributed by atoms with van der Waals surface area (Å²) in [5.41, 5.74) is 5.48. The highest BCUT2D eigenvalue weighted by atomic mass is 35.5. The molecule has 0 atom stereocenters. The monoisotopic (exact) mass is 257 g/mol. The van der Waals surface area contributed by atoms with Crippen molar-refractivity contribution in [2.24, 2.45) is 5.73 Å². The van der Waals surface area contributed by atoms with Gasteiger partial charge in [0.15, 0.2) is 17.3 Å². The third-order valence-corrected chi connectivity index (χ3v) is 2.78. The molecule has 3 N–H and O–H groups in total. The largest absolute Gasteiger partial charge is 0.506 e. The molecule has 92 valence electrons. The molecule has 17 heavy (non-hydrogen) atoms. The minimum atomic E-state index is -0.268. The first kappa shape index (κ1) is 12.0. The van der Waals surface area contributed by atoms with E-state index in [2.05, 4.69) is 0 Å². The molecule has 0 saturated carbocycles. The summed E-state index contributed by atoms with van der Waals surface area (Å²) in [4.78, 5) is 11.9. The lowest BCUT2D eigenvalue weighted by Gasteiger charge is -2.21. The first-order valence-corrected chi connectivity index (χ1v) is 5.57. The van der Waals surface area contributed by atoms with E-state index in [0.717, 1.165) is 0 Å². The molecular formula is C11H12ClNO4. The Bertz CT molecular complexity index is 461. The molecule has 6 heteroatoms. The number of benzene rings is 1. The van der Waals surface area contributed by atoms with Crippen molar-refractivity contribution >= 4 is 17.4 Å². The quantitative estimate of drug-likeness (QED) is 0.799. The summed E-state index contributed by atoms with van der Waals surface area (Å²) in [5.74, 6) is 0.155. The Balaban J connectivity index is 2.54. The number of aromatic hydroxyl groups is 1. The molecule has 1 aliphatic heterocycles. The van der Waals surface area contributed by atoms with Crippen molar-refractivity contribution in [3.63, 3.8) is 0 Å². The zero-order chi connectivity index (χ0) is 12.4. The van der Waals surface area contributed by atoms with Crippen molar-refractivity contribution in [2.45, 2.75) is 6.42 Å². The highest BCUT2D eigenvalue weighted by Gasteiger charge is 2.26. The van der Waals surface area contributed by atoms with Crippen molar-refractivity contribution in [2.75, 3.05) is 19.8 Å². The minimum Gasteiger partial charge on any atom is -0.506 e. The van der Waals surface area contributed by atoms with E-state index < -0.39 is 0 Å². The second kappa shape index (κ2) is 4.81. The van der Waals surface area contributed by atoms with E-state index in [4.69, 9.17) is 26.8 Å². The lowest BCUT2D eigenvalue weighted by atomic mass is 10.1. The van der Waals surface area contributed by atoms with Crippen LogP contribution in [0.4, 0.5) is 0 Å². The van der Waals surface area contributed by atoms with Gasteiger partial charge in [-0.15, -0.1) is 0 Å². The lowest BCUT2D eigenvalue weighted by molar-refractivity contribution is 0.0973. The Labute approximate surface area is 103 Å². The van der Waals surface area contributed by atoms with E-state index in [0.29, 0.717) is 19.0 Å². The van der Waals surface area contributed by atoms with Crippen LogP contribution in [0.2, 0.25) is 5.02 Å². The van der Waals surface area contributed by atoms with Crippen LogP contribution in [0, 0.1) is 0 Å². The Kier molecular flexibility index (Phi) is 3.40. The average Bonchev–Trinajstić information content (AvgIpc) is 2.31. The molecule has 2 rings (SSSR count). The van der Waals surface area contributed by atoms with Crippen LogP contribution in [-0.4, -0.2) is 30.6 Å². The number of carbonyl (C=O) groups is 1. The third-order valence-electron chi connectivity index (χ3n) is 2.40. The number of fused-ring (bicyclic) bond motifs is 1. The predicted octanol–water partition coefficient (Wildman–Crippen LogP) is 1.35. The molecule has 0 aliphatic carbocycles. The highest BCUT2D eigenvalue weighted by Crippen LogP contribution is 2.43. The van der Waals surface area contributed by atoms with Crippen molar-refractivity contribution in [3.8, 4) is 17.2 Å². The summed E-state index contributed by atoms with van der Waals surface area (Å²) < 4.78 is 10.7. The number of ether oxygens (including phenoxy) is 2. The number of carbonyl (C=O) groups excluding carboxylic acids is 1. The molecule has 0 saturated heterocycles. The van der Waals surface area contributed by atoms with Gasteiger partial charge in [0, 0.05) is 12.5 Å². The molecule has 0 radical (unpaired) electrons. The van der Waals surface area contributed by atoms with Crippen LogP contribution >= 0.6 is 11.6 Å². The normalized spacial score (nSPS) is 13.5. The van der Waals surface area contributed by atoms with Gasteiger partial charge >= 0.3 is 0 Å². The van der Waals surface area contributed by atoms with Crippen LogP contribution in [-0.2, 0) is 0 Å². The maximum absolute atomic E-state index is 11.9. The summed E-state index contributed by atoms with van der Waals surface area (Å²) in [6.07, 6.45) is 0.138. The van der Waals surface area contributed by atoms with Gasteiger partial charge in [0.05, 0.1) is 10.6 Å². The topological polar surface area (TPSA) is 81.8 Å². The first-order chi connectivity index (χ1) is 8.15. The number of Topliss-reactive ketones (excluding diaryl/α,β-unsaturated/α-hetero) is 1. The second-order valence-corrected chi connectivity index (χ2v) is 3.95. The molecule has 0 amide bonds. The van der Waals surface area contributed by atoms with E-state index in [-0.39, 0.29) is 40.8 Å². The van der Waals surface area contributed by atoms with Gasteiger partial charge in [-0.05, 0) is 6.54 Å². The van der Waals surface area contributed by atoms with Crippen LogP contribution in [0.5, 0.6) is 17.2 Å². The summed E-state index contributed by atoms with van der Waals surface area (Å²) in [6, 6.07) is 1.34. The van der Waals surface area contributed by atoms with Crippen LogP contribution in [0.1, 0.15) is 16.8 Å². The van der Waals surface area contributed by atoms with Gasteiger partial charge in [0.1, 0.15) is 19.0 Å². The number of halogens is 1. The Hall–Kier alpha value is -1.46. The Morgan fingerprint density at radius 2 is 2.18 bits per heavy atom. The number of nitrogens with two attached hydrogens (primary N) is 1. The zero-order valence-electron chi connectivity index (χ0n) is 9.03. The van der Waals surface area contributed by atoms with Gasteiger partial charge in [-0.2, -0.15) is 0 Å². The molecule has 0 fully saturated rings. The van der Waals surface area contributed by atoms with Crippen molar-refractivity contribution < 1.29 is 19.4 Å². The van der Waals surface area contributed by atoms with Gasteiger partial charge in [-0.3, -0.25) is 4.79 Å². The average molecular weight is 258 g/mol. The van der Waals surface area contributed by atoms with Gasteiger partial charge in [-0.1, -0.05) is 11.6 Å². The van der Waals surface area contributed by atoms with Crippen LogP contribution in [0.25, 0.3) is 0 Å². The van der Waals surface area contributed by atoms with Crippen LogP contribution in [0.15, 0.2) is 6.07 Å². The summed E-state index contributed by atoms with van der Waals surface area (Å²) in [6.45, 7) is 0.927. The van der Waals surface area contributed by atoms with Gasteiger partial charge < -0.3 is 20.3 Å². The molecule has 0 spiro atoms. The molecular weight excluding hydrogens is 246 g/mol. The minimum absolute atomic E-state index is 0.0206. The number of phenols is 1. The lowest BCUT2D eigenvalue weighted by Crippen LogP contribution is -2.19. The smallest absolute Gasteiger partial charge is 0.173 e. The summed E-state index contributed by atoms with van der Waals surface area (Å²) in [5, 5.41) is 9.60. The fraction of sp³-hybridized carbons (Fsp3) is 0.364. The van der Waals surface area contributed by atoms with Gasteiger partial charge in [0.25, 0.3) is 0 Å². The van der Waals surface area contributed by atoms with Crippen molar-refractivity contribution in [1.82, 2.24) is 0 Å². The van der Waals surface area contributed by atoms with E-state index in [1.165, 1.54) is 6.07 Å². The molecule has 1 aromatic carbocycles. The zero-order valence-corrected chi connectivity index (χ0v) is 9.79. The maximum Gasteiger partial charge on any atom is 0.173 e. The Morgan fingerprint density at radius 3 is 2.88 bits per heavy atom. The summed E-state index contributed by atoms with van der Waals surface area (Å²) >= 11 is 5.91. The van der Waals surface area contributed by atoms with Crippen LogP contribution < -0.4 is 15.2 Å². The SMILES string of the molecule is NCCC(=O)c1c(Cl)c(O)cc2c1OCCO2. The van der Waals surface area contributed by atoms with E-state index in [1.54, 1.807) is 0 Å². The number of rotatable bonds is 3. The first-order valence-electron chi connectivity index (χ1n) is 5.19. The molecule has 1 aliphatic rings. The van der Waals surface area contributed by atoms with Gasteiger partial charge in [0.2, 0.25) is 0 Å². The number of ketones is 1. The van der Waals surface area contributed by atoms with Crippen LogP contribution in [0.3, 0.4) is 0 Å². The fourth-order valence-electron chi connectivity index (χ4n) is 1.66. The Morgan fingerprint density at radius 1 is 1.47 bits per heavy atom. The number of hydrogen-bond donors (Lipinski definition) is 2. The van der Waals surface area contributed by atoms with Crippen molar-refractivity contribution in [1.29, 1.82) is 0 Å². The number of phenolic OH excluding ortho intramolecular Hbond substituents is 1. The highest BCUT2D eigenvalue weighted by molar-refractivity contribution is 6.36. The van der Waals surface area contributed by atoms with E-state index in [9.17, 15) is 9.90 Å². The fourth-order valence-corrected chi connectivity index (χ4v) is 1.90. The molecule has 0 aromatic heterocycles. The predicted molar refractivity (Wildman–Crippen MR) is 62.1 cm³/mol. The van der Waals surface area contributed by atoms with Crippen molar-refractivity contribution in [3.05, 3.63) is 16.7 Å². The van der Waals surface area contributed by atoms with Gasteiger partial charge in [-0.25, -0.2) is 0 Å². The standard InChI is InChI=1S/C11H12ClNO4/c12-10-7(15)5-8-11(17-4-3-16-8)9(10)6(14)1-2-13/h5,15H,1-4,13H2. The third kappa shape index (κ3) is 2.16. The molecule has 1 aromatic rings.